The van der Waals surface area contributed by atoms with Gasteiger partial charge in [-0.25, -0.2) is 0 Å². The summed E-state index contributed by atoms with van der Waals surface area (Å²) in [4.78, 5) is 2.29. The fraction of sp³-hybridized carbons (Fsp3) is 0.533. The molecule has 2 unspecified atom stereocenters. The van der Waals surface area contributed by atoms with Gasteiger partial charge in [0.1, 0.15) is 0 Å². The van der Waals surface area contributed by atoms with E-state index in [9.17, 15) is 0 Å². The van der Waals surface area contributed by atoms with Gasteiger partial charge in [0.25, 0.3) is 0 Å². The van der Waals surface area contributed by atoms with Gasteiger partial charge in [0.05, 0.1) is 12.0 Å². The van der Waals surface area contributed by atoms with E-state index < -0.39 is 0 Å². The van der Waals surface area contributed by atoms with E-state index in [4.69, 9.17) is 11.0 Å². The molecule has 3 nitrogen and oxygen atoms in total. The van der Waals surface area contributed by atoms with Crippen LogP contribution in [0.5, 0.6) is 0 Å². The summed E-state index contributed by atoms with van der Waals surface area (Å²) in [5.41, 5.74) is 8.47. The number of nitriles is 1. The first-order chi connectivity index (χ1) is 8.63. The van der Waals surface area contributed by atoms with Crippen molar-refractivity contribution in [2.45, 2.75) is 26.8 Å². The highest BCUT2D eigenvalue weighted by molar-refractivity contribution is 5.29. The molecule has 2 atom stereocenters. The highest BCUT2D eigenvalue weighted by atomic mass is 15.2. The van der Waals surface area contributed by atoms with Gasteiger partial charge in [-0.1, -0.05) is 31.2 Å². The van der Waals surface area contributed by atoms with Crippen LogP contribution >= 0.6 is 0 Å². The molecule has 98 valence electrons. The van der Waals surface area contributed by atoms with Gasteiger partial charge < -0.3 is 5.73 Å². The molecule has 0 aliphatic rings. The molecule has 0 amide bonds. The van der Waals surface area contributed by atoms with E-state index >= 15 is 0 Å². The number of likely N-dealkylation sites (N-methyl/N-ethyl adjacent to an activating group) is 1. The van der Waals surface area contributed by atoms with Crippen molar-refractivity contribution in [3.05, 3.63) is 35.4 Å². The lowest BCUT2D eigenvalue weighted by atomic mass is 9.99. The minimum Gasteiger partial charge on any atom is -0.329 e. The number of rotatable bonds is 6. The van der Waals surface area contributed by atoms with Crippen LogP contribution in [0, 0.1) is 24.2 Å². The van der Waals surface area contributed by atoms with Crippen LogP contribution < -0.4 is 5.73 Å². The van der Waals surface area contributed by atoms with Gasteiger partial charge in [-0.05, 0) is 31.5 Å². The molecule has 0 saturated heterocycles. The molecule has 0 aliphatic carbocycles. The summed E-state index contributed by atoms with van der Waals surface area (Å²) in [5, 5.41) is 8.95. The Morgan fingerprint density at radius 3 is 2.56 bits per heavy atom. The predicted octanol–water partition coefficient (Wildman–Crippen LogP) is 2.48. The van der Waals surface area contributed by atoms with Gasteiger partial charge in [0.15, 0.2) is 0 Å². The Balaban J connectivity index is 2.94. The maximum atomic E-state index is 8.95. The van der Waals surface area contributed by atoms with E-state index in [0.717, 1.165) is 13.1 Å². The number of hydrogen-bond donors (Lipinski definition) is 1. The van der Waals surface area contributed by atoms with Crippen LogP contribution in [0.25, 0.3) is 0 Å². The second-order valence-electron chi connectivity index (χ2n) is 4.73. The fourth-order valence-corrected chi connectivity index (χ4v) is 2.30. The molecule has 0 aromatic heterocycles. The van der Waals surface area contributed by atoms with E-state index in [1.165, 1.54) is 11.1 Å². The van der Waals surface area contributed by atoms with Crippen LogP contribution in [0.2, 0.25) is 0 Å². The van der Waals surface area contributed by atoms with Gasteiger partial charge in [0, 0.05) is 19.1 Å². The first kappa shape index (κ1) is 14.7. The molecule has 2 N–H and O–H groups in total. The Labute approximate surface area is 110 Å². The summed E-state index contributed by atoms with van der Waals surface area (Å²) < 4.78 is 0. The van der Waals surface area contributed by atoms with Gasteiger partial charge in [-0.2, -0.15) is 5.26 Å². The number of hydrogen-bond acceptors (Lipinski definition) is 3. The van der Waals surface area contributed by atoms with E-state index in [-0.39, 0.29) is 12.0 Å². The van der Waals surface area contributed by atoms with Gasteiger partial charge in [0.2, 0.25) is 0 Å². The SMILES string of the molecule is CCN(CC(C)C#N)C(CN)c1ccccc1C. The predicted molar refractivity (Wildman–Crippen MR) is 75.0 cm³/mol. The van der Waals surface area contributed by atoms with E-state index in [0.29, 0.717) is 6.54 Å². The lowest BCUT2D eigenvalue weighted by Gasteiger charge is -2.31. The molecule has 1 aromatic rings. The van der Waals surface area contributed by atoms with Crippen molar-refractivity contribution >= 4 is 0 Å². The fourth-order valence-electron chi connectivity index (χ4n) is 2.30. The monoisotopic (exact) mass is 245 g/mol. The number of benzene rings is 1. The molecule has 0 fully saturated rings. The average Bonchev–Trinajstić information content (AvgIpc) is 2.40. The summed E-state index contributed by atoms with van der Waals surface area (Å²) in [6, 6.07) is 10.8. The smallest absolute Gasteiger partial charge is 0.0666 e. The first-order valence-corrected chi connectivity index (χ1v) is 6.53. The second kappa shape index (κ2) is 7.15. The summed E-state index contributed by atoms with van der Waals surface area (Å²) in [5.74, 6) is 0.0306. The molecule has 1 rings (SSSR count). The van der Waals surface area contributed by atoms with Gasteiger partial charge in [-0.3, -0.25) is 4.90 Å². The largest absolute Gasteiger partial charge is 0.329 e. The molecule has 0 radical (unpaired) electrons. The topological polar surface area (TPSA) is 53.0 Å². The second-order valence-corrected chi connectivity index (χ2v) is 4.73. The normalized spacial score (nSPS) is 14.2. The van der Waals surface area contributed by atoms with Crippen LogP contribution in [0.1, 0.15) is 31.0 Å². The van der Waals surface area contributed by atoms with Crippen LogP contribution in [-0.4, -0.2) is 24.5 Å². The molecule has 0 heterocycles. The highest BCUT2D eigenvalue weighted by Gasteiger charge is 2.20. The summed E-state index contributed by atoms with van der Waals surface area (Å²) in [6.07, 6.45) is 0. The Morgan fingerprint density at radius 2 is 2.06 bits per heavy atom. The third-order valence-corrected chi connectivity index (χ3v) is 3.35. The summed E-state index contributed by atoms with van der Waals surface area (Å²) >= 11 is 0. The van der Waals surface area contributed by atoms with E-state index in [1.54, 1.807) is 0 Å². The van der Waals surface area contributed by atoms with Crippen molar-refractivity contribution in [2.75, 3.05) is 19.6 Å². The molecular weight excluding hydrogens is 222 g/mol. The van der Waals surface area contributed by atoms with E-state index in [1.807, 2.05) is 19.1 Å². The third kappa shape index (κ3) is 3.56. The zero-order valence-corrected chi connectivity index (χ0v) is 11.6. The molecule has 0 saturated carbocycles. The highest BCUT2D eigenvalue weighted by Crippen LogP contribution is 2.23. The maximum absolute atomic E-state index is 8.95. The Kier molecular flexibility index (Phi) is 5.84. The van der Waals surface area contributed by atoms with E-state index in [2.05, 4.69) is 36.9 Å². The third-order valence-electron chi connectivity index (χ3n) is 3.35. The average molecular weight is 245 g/mol. The summed E-state index contributed by atoms with van der Waals surface area (Å²) in [6.45, 7) is 8.43. The molecule has 0 bridgehead atoms. The lowest BCUT2D eigenvalue weighted by molar-refractivity contribution is 0.197. The lowest BCUT2D eigenvalue weighted by Crippen LogP contribution is -2.36. The maximum Gasteiger partial charge on any atom is 0.0666 e. The minimum absolute atomic E-state index is 0.0306. The Hall–Kier alpha value is -1.37. The molecule has 3 heteroatoms. The van der Waals surface area contributed by atoms with Crippen LogP contribution in [0.15, 0.2) is 24.3 Å². The Bertz CT molecular complexity index is 408. The van der Waals surface area contributed by atoms with Crippen molar-refractivity contribution in [2.24, 2.45) is 11.7 Å². The molecule has 18 heavy (non-hydrogen) atoms. The van der Waals surface area contributed by atoms with Crippen LogP contribution in [0.3, 0.4) is 0 Å². The molecule has 0 spiro atoms. The number of aryl methyl sites for hydroxylation is 1. The van der Waals surface area contributed by atoms with Gasteiger partial charge >= 0.3 is 0 Å². The van der Waals surface area contributed by atoms with Crippen molar-refractivity contribution in [3.63, 3.8) is 0 Å². The quantitative estimate of drug-likeness (QED) is 0.837. The minimum atomic E-state index is 0.0306. The zero-order valence-electron chi connectivity index (χ0n) is 11.6. The molecule has 0 aliphatic heterocycles. The van der Waals surface area contributed by atoms with Crippen molar-refractivity contribution < 1.29 is 0 Å². The zero-order chi connectivity index (χ0) is 13.5. The number of nitrogens with zero attached hydrogens (tertiary/aromatic N) is 2. The molecular formula is C15H23N3. The summed E-state index contributed by atoms with van der Waals surface area (Å²) in [7, 11) is 0. The first-order valence-electron chi connectivity index (χ1n) is 6.53. The van der Waals surface area contributed by atoms with Gasteiger partial charge in [-0.15, -0.1) is 0 Å². The van der Waals surface area contributed by atoms with Crippen molar-refractivity contribution in [1.29, 1.82) is 5.26 Å². The van der Waals surface area contributed by atoms with Crippen molar-refractivity contribution in [1.82, 2.24) is 4.90 Å². The van der Waals surface area contributed by atoms with Crippen LogP contribution in [-0.2, 0) is 0 Å². The molecule has 1 aromatic carbocycles. The number of nitrogens with two attached hydrogens (primary N) is 1. The van der Waals surface area contributed by atoms with Crippen molar-refractivity contribution in [3.8, 4) is 6.07 Å². The van der Waals surface area contributed by atoms with Crippen LogP contribution in [0.4, 0.5) is 0 Å². The Morgan fingerprint density at radius 1 is 1.39 bits per heavy atom. The standard InChI is InChI=1S/C15H23N3/c1-4-18(11-12(2)9-16)15(10-17)14-8-6-5-7-13(14)3/h5-8,12,15H,4,10-11,17H2,1-3H3.